The van der Waals surface area contributed by atoms with E-state index in [9.17, 15) is 0 Å². The molecule has 0 saturated carbocycles. The van der Waals surface area contributed by atoms with Crippen LogP contribution in [0.3, 0.4) is 0 Å². The fourth-order valence-electron chi connectivity index (χ4n) is 19.5. The van der Waals surface area contributed by atoms with E-state index in [-0.39, 0.29) is 89.5 Å². The summed E-state index contributed by atoms with van der Waals surface area (Å²) >= 11 is 0. The van der Waals surface area contributed by atoms with Gasteiger partial charge in [-0.3, -0.25) is 19.9 Å². The molecule has 8 aromatic heterocycles. The van der Waals surface area contributed by atoms with Crippen LogP contribution in [0, 0.1) is 48.5 Å². The number of imidazole rings is 4. The number of aromatic nitrogens is 12. The molecule has 22 rings (SSSR count). The van der Waals surface area contributed by atoms with E-state index in [0.29, 0.717) is 29.0 Å². The van der Waals surface area contributed by atoms with Gasteiger partial charge in [-0.25, -0.2) is 0 Å². The smallest absolute Gasteiger partial charge is 0.503 e. The fraction of sp³-hybridized carbons (Fsp3) is 0.140. The van der Waals surface area contributed by atoms with Crippen molar-refractivity contribution in [2.75, 3.05) is 14.7 Å². The third-order valence-corrected chi connectivity index (χ3v) is 44.3. The predicted molar refractivity (Wildman–Crippen MR) is 579 cm³/mol. The number of hydrogen-bond acceptors (Lipinski definition) is 12. The first-order valence-corrected chi connectivity index (χ1v) is 57.7. The Balaban J connectivity index is 0.000000144. The number of anilines is 9. The van der Waals surface area contributed by atoms with Gasteiger partial charge in [-0.2, -0.15) is 110 Å². The number of rotatable bonds is 30. The number of hydrogen-bond donors (Lipinski definition) is 0. The first kappa shape index (κ1) is 106. The van der Waals surface area contributed by atoms with E-state index in [1.54, 1.807) is 49.6 Å². The molecule has 0 bridgehead atoms. The van der Waals surface area contributed by atoms with E-state index >= 15 is 0 Å². The molecule has 1 unspecified atom stereocenters. The Kier molecular flexibility index (Phi) is 38.7. The molecule has 0 amide bonds. The monoisotopic (exact) mass is 2680 g/mol. The van der Waals surface area contributed by atoms with E-state index in [1.807, 2.05) is 140 Å². The van der Waals surface area contributed by atoms with E-state index in [1.165, 1.54) is 136 Å². The number of nitrogens with zero attached hydrogens (tertiary/aromatic N) is 15. The molecule has 0 N–H and O–H groups in total. The molecular weight excluding hydrogens is 2580 g/mol. The van der Waals surface area contributed by atoms with Crippen molar-refractivity contribution >= 4 is 131 Å². The first-order chi connectivity index (χ1) is 69.8. The van der Waals surface area contributed by atoms with Crippen LogP contribution < -0.4 is 86.6 Å². The molecule has 16 nitrogen and oxygen atoms in total. The minimum absolute atomic E-state index is 0. The van der Waals surface area contributed by atoms with Gasteiger partial charge in [0.05, 0.1) is 0 Å². The van der Waals surface area contributed by atoms with E-state index in [4.69, 9.17) is 24.7 Å². The van der Waals surface area contributed by atoms with Gasteiger partial charge >= 0.3 is 89.5 Å². The Morgan fingerprint density at radius 1 is 0.303 bits per heavy atom. The van der Waals surface area contributed by atoms with Crippen molar-refractivity contribution in [3.63, 3.8) is 0 Å². The molecular formula is C121H105Au4N15OSi4. The number of unbranched alkanes of at least 4 members (excludes halogenated alkanes) is 2. The molecule has 2 aliphatic heterocycles. The van der Waals surface area contributed by atoms with E-state index in [2.05, 4.69) is 341 Å². The minimum atomic E-state index is -2.15. The third-order valence-electron chi connectivity index (χ3n) is 26.3. The summed E-state index contributed by atoms with van der Waals surface area (Å²) in [6.07, 6.45) is 32.4. The summed E-state index contributed by atoms with van der Waals surface area (Å²) in [6, 6.07) is 154. The molecule has 10 heterocycles. The minimum Gasteiger partial charge on any atom is -0.503 e. The van der Waals surface area contributed by atoms with Crippen LogP contribution in [0.25, 0.3) is 45.6 Å². The quantitative estimate of drug-likeness (QED) is 0.0306. The van der Waals surface area contributed by atoms with Crippen molar-refractivity contribution in [2.24, 2.45) is 0 Å². The van der Waals surface area contributed by atoms with Gasteiger partial charge in [0.2, 0.25) is 0 Å². The molecule has 24 heteroatoms. The van der Waals surface area contributed by atoms with E-state index < -0.39 is 33.0 Å². The maximum Gasteiger partial charge on any atom is 3.00 e. The molecule has 0 spiro atoms. The zero-order chi connectivity index (χ0) is 95.5. The maximum atomic E-state index is 6.16. The van der Waals surface area contributed by atoms with E-state index in [0.717, 1.165) is 84.5 Å². The second kappa shape index (κ2) is 52.8. The molecule has 2 fully saturated rings. The Morgan fingerprint density at radius 3 is 1.08 bits per heavy atom. The molecule has 2 aliphatic rings. The van der Waals surface area contributed by atoms with Gasteiger partial charge in [-0.05, 0) is 138 Å². The Morgan fingerprint density at radius 2 is 0.662 bits per heavy atom. The zero-order valence-corrected chi connectivity index (χ0v) is 93.1. The summed E-state index contributed by atoms with van der Waals surface area (Å²) in [6.45, 7) is 4.57. The Hall–Kier alpha value is -12.9. The van der Waals surface area contributed by atoms with Gasteiger partial charge < -0.3 is 59.3 Å². The average Bonchev–Trinajstić information content (AvgIpc) is 0.956. The summed E-state index contributed by atoms with van der Waals surface area (Å²) in [5.41, 5.74) is 12.3. The average molecular weight is 2690 g/mol. The van der Waals surface area contributed by atoms with Crippen LogP contribution in [-0.2, 0) is 89.5 Å². The van der Waals surface area contributed by atoms with Gasteiger partial charge in [-0.15, -0.1) is 145 Å². The molecule has 1 atom stereocenters. The van der Waals surface area contributed by atoms with Gasteiger partial charge in [0, 0.05) is 74.6 Å². The van der Waals surface area contributed by atoms with Crippen LogP contribution in [-0.4, -0.2) is 72.9 Å². The van der Waals surface area contributed by atoms with Crippen LogP contribution in [0.5, 0.6) is 11.5 Å². The molecule has 20 aromatic rings. The topological polar surface area (TPSA) is 178 Å². The first-order valence-electron chi connectivity index (χ1n) is 48.7. The van der Waals surface area contributed by atoms with Gasteiger partial charge in [0.15, 0.2) is 0 Å². The van der Waals surface area contributed by atoms with Gasteiger partial charge in [0.1, 0.15) is 33.0 Å². The number of para-hydroxylation sites is 3. The van der Waals surface area contributed by atoms with Crippen molar-refractivity contribution in [1.82, 2.24) is 59.8 Å². The zero-order valence-electron chi connectivity index (χ0n) is 80.3. The second-order valence-electron chi connectivity index (χ2n) is 35.2. The predicted octanol–water partition coefficient (Wildman–Crippen LogP) is 21.5. The second-order valence-corrected chi connectivity index (χ2v) is 50.6. The van der Waals surface area contributed by atoms with Crippen molar-refractivity contribution in [3.8, 4) is 57.1 Å². The van der Waals surface area contributed by atoms with Crippen LogP contribution in [0.4, 0.5) is 51.2 Å². The van der Waals surface area contributed by atoms with Crippen LogP contribution in [0.1, 0.15) is 71.6 Å². The summed E-state index contributed by atoms with van der Waals surface area (Å²) < 4.78 is 6.16. The van der Waals surface area contributed by atoms with Gasteiger partial charge in [-0.1, -0.05) is 259 Å². The molecule has 0 aliphatic carbocycles. The van der Waals surface area contributed by atoms with Crippen molar-refractivity contribution in [1.29, 1.82) is 0 Å². The normalized spacial score (nSPS) is 12.8. The summed E-state index contributed by atoms with van der Waals surface area (Å²) in [4.78, 5) is 60.8. The SMILES string of the molecule is CCCC[Si](CCCC)(c1[c-]c(N(c2[c-]c(-c3ncc[n-]3)ccc2)c2ccccc2)ccc1)c1ccccn1.[Au+3].[Au+3].[Au+3].[Au+3].[c-]1c(-c2ncc[n-]2)cccc1N(c1[c-]c([SiH](c2ccccc2)c2ccccn2)ccc1)c1ccccc1.[c-]1c(-c2ncc[n-]2)cccc1N(c1[c-]c([Si]2(c3ccccn3)CCCC2)ccc1)c1ccccc1.[c-]1c(Oc2[c-]c([Si]3(c4ccccn4)CCCCC3)ccc2)cccc1-c1ncc[n-]1. The summed E-state index contributed by atoms with van der Waals surface area (Å²) in [5.74, 6) is 4.05. The molecule has 730 valence electrons. The Labute approximate surface area is 918 Å². The third kappa shape index (κ3) is 25.6. The molecule has 2 saturated heterocycles. The van der Waals surface area contributed by atoms with Crippen molar-refractivity contribution < 1.29 is 94.3 Å². The van der Waals surface area contributed by atoms with Gasteiger partial charge in [0.25, 0.3) is 0 Å². The van der Waals surface area contributed by atoms with Crippen molar-refractivity contribution in [3.05, 3.63) is 463 Å². The number of pyridine rings is 4. The molecule has 145 heavy (non-hydrogen) atoms. The molecule has 0 radical (unpaired) electrons. The maximum absolute atomic E-state index is 6.16. The van der Waals surface area contributed by atoms with Crippen LogP contribution >= 0.6 is 0 Å². The van der Waals surface area contributed by atoms with Crippen LogP contribution in [0.15, 0.2) is 414 Å². The van der Waals surface area contributed by atoms with Crippen LogP contribution in [0.2, 0.25) is 36.3 Å². The largest absolute Gasteiger partial charge is 3.00 e. The molecule has 12 aromatic carbocycles. The Bertz CT molecular complexity index is 7220. The standard InChI is InChI=1S/C34H35N4Si.C32H23N4Si.C30H25N4Si.C25H22N3OSi.4Au/c1-3-5-24-39(25-6-4-2,33-20-10-11-21-35-33)32-19-13-18-31(27-32)38(29-15-8-7-9-16-29)30-17-12-14-28(26-30)34-36-22-23-37-34;1-3-12-26(13-4-1)36(27-14-9-11-25(23-27)32-34-21-22-35-32)28-15-10-18-30(24-28)37(29-16-5-2-6-17-29)31-19-7-8-20-33-31;1-2-11-25(12-3-1)34(26-13-8-10-24(22-26)30-32-18-19-33-30)27-14-9-15-28(23-27)35(20-6-7-21-35)29-16-4-5-17-31-29;1-4-16-30(17-5-1,24-12-2-3-13-26-24)23-11-7-10-22(19-23)29-21-9-6-8-20(18-21)25-27-14-15-28-25;;;;/h7-23H,3-6,24-25H2,1-2H3;1-22,37H;1-5,8-19H,6-7,20-21H2;2-3,6-15H,1,4-5,16-17H2;;;;/q4*-3;4*+3. The summed E-state index contributed by atoms with van der Waals surface area (Å²) in [5, 5.41) is 11.4. The number of benzene rings is 12. The van der Waals surface area contributed by atoms with Crippen molar-refractivity contribution in [2.45, 2.75) is 108 Å². The summed E-state index contributed by atoms with van der Waals surface area (Å²) in [7, 11) is -7.84. The number of ether oxygens (including phenoxy) is 1. The fourth-order valence-corrected chi connectivity index (χ4v) is 36.9.